The largest absolute Gasteiger partial charge is 0.461 e. The molecular weight excluding hydrogens is 444 g/mol. The maximum absolute atomic E-state index is 10.3. The first-order chi connectivity index (χ1) is 17.0. The van der Waals surface area contributed by atoms with E-state index in [0.717, 1.165) is 23.5 Å². The van der Waals surface area contributed by atoms with E-state index in [-0.39, 0.29) is 0 Å². The molecule has 4 rings (SSSR count). The van der Waals surface area contributed by atoms with Crippen LogP contribution in [0.15, 0.2) is 66.7 Å². The van der Waals surface area contributed by atoms with Crippen LogP contribution in [0.3, 0.4) is 0 Å². The van der Waals surface area contributed by atoms with Crippen LogP contribution in [0.4, 0.5) is 5.82 Å². The number of hydrogen-bond acceptors (Lipinski definition) is 8. The molecule has 1 aliphatic rings. The SMILES string of the molecule is COC/C=C/C(O)N(C)CCn1nc(-c2ccc(OC3=CC=CCC3C)cc2)c2c(N)ncnc21. The number of nitrogen functional groups attached to an aromatic ring is 1. The molecule has 0 saturated carbocycles. The van der Waals surface area contributed by atoms with Gasteiger partial charge < -0.3 is 20.3 Å². The highest BCUT2D eigenvalue weighted by Crippen LogP contribution is 2.32. The molecule has 3 aromatic rings. The first kappa shape index (κ1) is 24.6. The number of nitrogens with zero attached hydrogens (tertiary/aromatic N) is 5. The minimum absolute atomic E-state index is 0.350. The number of allylic oxidation sites excluding steroid dienone is 4. The van der Waals surface area contributed by atoms with Crippen LogP contribution in [-0.4, -0.2) is 63.3 Å². The summed E-state index contributed by atoms with van der Waals surface area (Å²) in [6, 6.07) is 7.80. The summed E-state index contributed by atoms with van der Waals surface area (Å²) in [4.78, 5) is 10.4. The van der Waals surface area contributed by atoms with Gasteiger partial charge in [0.1, 0.15) is 35.6 Å². The van der Waals surface area contributed by atoms with Gasteiger partial charge in [0, 0.05) is 25.1 Å². The van der Waals surface area contributed by atoms with Crippen molar-refractivity contribution in [3.05, 3.63) is 66.7 Å². The molecule has 9 heteroatoms. The summed E-state index contributed by atoms with van der Waals surface area (Å²) in [6.07, 6.45) is 11.3. The summed E-state index contributed by atoms with van der Waals surface area (Å²) in [7, 11) is 3.45. The molecule has 0 bridgehead atoms. The molecule has 0 fully saturated rings. The van der Waals surface area contributed by atoms with Gasteiger partial charge >= 0.3 is 0 Å². The molecule has 1 aliphatic carbocycles. The smallest absolute Gasteiger partial charge is 0.164 e. The zero-order chi connectivity index (χ0) is 24.8. The fourth-order valence-electron chi connectivity index (χ4n) is 3.87. The average Bonchev–Trinajstić information content (AvgIpc) is 3.24. The van der Waals surface area contributed by atoms with Crippen molar-refractivity contribution >= 4 is 16.9 Å². The van der Waals surface area contributed by atoms with Crippen LogP contribution >= 0.6 is 0 Å². The van der Waals surface area contributed by atoms with E-state index in [0.29, 0.717) is 48.2 Å². The Morgan fingerprint density at radius 1 is 1.29 bits per heavy atom. The number of ether oxygens (including phenoxy) is 2. The van der Waals surface area contributed by atoms with Gasteiger partial charge in [-0.2, -0.15) is 5.10 Å². The number of aliphatic hydroxyl groups excluding tert-OH is 1. The maximum Gasteiger partial charge on any atom is 0.164 e. The lowest BCUT2D eigenvalue weighted by Crippen LogP contribution is -2.32. The Hall–Kier alpha value is -3.53. The Labute approximate surface area is 205 Å². The second kappa shape index (κ2) is 11.3. The number of methoxy groups -OCH3 is 1. The van der Waals surface area contributed by atoms with Crippen molar-refractivity contribution in [2.75, 3.05) is 33.0 Å². The van der Waals surface area contributed by atoms with Gasteiger partial charge in [-0.15, -0.1) is 0 Å². The fraction of sp³-hybridized carbons (Fsp3) is 0.346. The standard InChI is InChI=1S/C26H32N6O3/c1-18-7-4-5-8-21(18)35-20-12-10-19(11-13-20)24-23-25(27)28-17-29-26(23)32(30-24)15-14-31(2)22(33)9-6-16-34-3/h4-6,8-13,17-18,22,33H,7,14-16H2,1-3H3,(H2,27,28,29)/b9-6+. The zero-order valence-corrected chi connectivity index (χ0v) is 20.3. The molecule has 0 aliphatic heterocycles. The zero-order valence-electron chi connectivity index (χ0n) is 20.3. The second-order valence-corrected chi connectivity index (χ2v) is 8.57. The first-order valence-corrected chi connectivity index (χ1v) is 11.6. The topological polar surface area (TPSA) is 112 Å². The van der Waals surface area contributed by atoms with Crippen molar-refractivity contribution in [3.8, 4) is 17.0 Å². The van der Waals surface area contributed by atoms with E-state index < -0.39 is 6.23 Å². The van der Waals surface area contributed by atoms with Crippen molar-refractivity contribution in [1.29, 1.82) is 0 Å². The molecule has 0 radical (unpaired) electrons. The number of nitrogens with two attached hydrogens (primary N) is 1. The quantitative estimate of drug-likeness (QED) is 0.338. The second-order valence-electron chi connectivity index (χ2n) is 8.57. The molecule has 2 atom stereocenters. The number of benzene rings is 1. The Balaban J connectivity index is 1.55. The van der Waals surface area contributed by atoms with E-state index >= 15 is 0 Å². The molecule has 9 nitrogen and oxygen atoms in total. The van der Waals surface area contributed by atoms with Gasteiger partial charge in [-0.05, 0) is 49.9 Å². The van der Waals surface area contributed by atoms with Gasteiger partial charge in [-0.3, -0.25) is 4.90 Å². The van der Waals surface area contributed by atoms with E-state index in [1.807, 2.05) is 48.4 Å². The predicted molar refractivity (Wildman–Crippen MR) is 136 cm³/mol. The fourth-order valence-corrected chi connectivity index (χ4v) is 3.87. The molecule has 2 unspecified atom stereocenters. The molecule has 1 aromatic carbocycles. The van der Waals surface area contributed by atoms with Crippen LogP contribution in [0.5, 0.6) is 5.75 Å². The highest BCUT2D eigenvalue weighted by Gasteiger charge is 2.18. The van der Waals surface area contributed by atoms with E-state index in [9.17, 15) is 5.11 Å². The van der Waals surface area contributed by atoms with E-state index in [4.69, 9.17) is 20.3 Å². The molecule has 184 valence electrons. The number of fused-ring (bicyclic) bond motifs is 1. The number of anilines is 1. The maximum atomic E-state index is 10.3. The lowest BCUT2D eigenvalue weighted by atomic mass is 10.0. The highest BCUT2D eigenvalue weighted by molar-refractivity contribution is 5.98. The van der Waals surface area contributed by atoms with E-state index in [2.05, 4.69) is 23.0 Å². The number of hydrogen-bond donors (Lipinski definition) is 2. The third kappa shape index (κ3) is 5.76. The highest BCUT2D eigenvalue weighted by atomic mass is 16.5. The van der Waals surface area contributed by atoms with Crippen LogP contribution in [-0.2, 0) is 11.3 Å². The average molecular weight is 477 g/mol. The molecule has 3 N–H and O–H groups in total. The number of aromatic nitrogens is 4. The lowest BCUT2D eigenvalue weighted by molar-refractivity contribution is 0.0591. The van der Waals surface area contributed by atoms with Gasteiger partial charge in [0.25, 0.3) is 0 Å². The van der Waals surface area contributed by atoms with Gasteiger partial charge in [0.15, 0.2) is 5.65 Å². The Morgan fingerprint density at radius 3 is 2.83 bits per heavy atom. The van der Waals surface area contributed by atoms with Crippen molar-refractivity contribution in [1.82, 2.24) is 24.6 Å². The molecule has 0 spiro atoms. The van der Waals surface area contributed by atoms with E-state index in [1.54, 1.807) is 23.9 Å². The van der Waals surface area contributed by atoms with Crippen molar-refractivity contribution in [2.24, 2.45) is 5.92 Å². The predicted octanol–water partition coefficient (Wildman–Crippen LogP) is 3.39. The lowest BCUT2D eigenvalue weighted by Gasteiger charge is -2.20. The minimum Gasteiger partial charge on any atom is -0.461 e. The Bertz CT molecular complexity index is 1230. The number of rotatable bonds is 10. The molecular formula is C26H32N6O3. The van der Waals surface area contributed by atoms with Crippen molar-refractivity contribution in [3.63, 3.8) is 0 Å². The van der Waals surface area contributed by atoms with Crippen LogP contribution < -0.4 is 10.5 Å². The Morgan fingerprint density at radius 2 is 2.09 bits per heavy atom. The minimum atomic E-state index is -0.726. The van der Waals surface area contributed by atoms with Gasteiger partial charge in [0.05, 0.1) is 18.5 Å². The van der Waals surface area contributed by atoms with E-state index in [1.165, 1.54) is 6.33 Å². The van der Waals surface area contributed by atoms with Crippen LogP contribution in [0, 0.1) is 5.92 Å². The molecule has 2 aromatic heterocycles. The van der Waals surface area contributed by atoms with Crippen molar-refractivity contribution in [2.45, 2.75) is 26.1 Å². The van der Waals surface area contributed by atoms with Crippen LogP contribution in [0.2, 0.25) is 0 Å². The molecule has 0 amide bonds. The summed E-state index contributed by atoms with van der Waals surface area (Å²) in [5, 5.41) is 15.8. The molecule has 35 heavy (non-hydrogen) atoms. The summed E-state index contributed by atoms with van der Waals surface area (Å²) in [6.45, 7) is 3.66. The van der Waals surface area contributed by atoms with Gasteiger partial charge in [-0.25, -0.2) is 14.6 Å². The first-order valence-electron chi connectivity index (χ1n) is 11.6. The van der Waals surface area contributed by atoms with Gasteiger partial charge in [0.2, 0.25) is 0 Å². The number of aliphatic hydroxyl groups is 1. The Kier molecular flexibility index (Phi) is 7.91. The van der Waals surface area contributed by atoms with Gasteiger partial charge in [-0.1, -0.05) is 25.2 Å². The number of likely N-dealkylation sites (N-methyl/N-ethyl adjacent to an activating group) is 1. The third-order valence-electron chi connectivity index (χ3n) is 5.98. The monoisotopic (exact) mass is 476 g/mol. The van der Waals surface area contributed by atoms with Crippen molar-refractivity contribution < 1.29 is 14.6 Å². The summed E-state index contributed by atoms with van der Waals surface area (Å²) >= 11 is 0. The summed E-state index contributed by atoms with van der Waals surface area (Å²) < 4.78 is 12.9. The molecule has 0 saturated heterocycles. The summed E-state index contributed by atoms with van der Waals surface area (Å²) in [5.41, 5.74) is 8.49. The van der Waals surface area contributed by atoms with Crippen LogP contribution in [0.25, 0.3) is 22.3 Å². The summed E-state index contributed by atoms with van der Waals surface area (Å²) in [5.74, 6) is 2.45. The van der Waals surface area contributed by atoms with Crippen LogP contribution in [0.1, 0.15) is 13.3 Å². The normalized spacial score (nSPS) is 16.8. The third-order valence-corrected chi connectivity index (χ3v) is 5.98. The molecule has 2 heterocycles.